The second kappa shape index (κ2) is 6.78. The van der Waals surface area contributed by atoms with E-state index in [1.807, 2.05) is 31.3 Å². The van der Waals surface area contributed by atoms with E-state index in [2.05, 4.69) is 37.4 Å². The van der Waals surface area contributed by atoms with E-state index in [4.69, 9.17) is 16.3 Å². The normalized spacial score (nSPS) is 12.2. The Morgan fingerprint density at radius 3 is 2.40 bits per heavy atom. The number of aryl methyl sites for hydroxylation is 2. The van der Waals surface area contributed by atoms with Crippen molar-refractivity contribution in [2.75, 3.05) is 13.7 Å². The van der Waals surface area contributed by atoms with Crippen molar-refractivity contribution in [1.82, 2.24) is 5.32 Å². The molecule has 0 saturated heterocycles. The minimum Gasteiger partial charge on any atom is -0.492 e. The van der Waals surface area contributed by atoms with Gasteiger partial charge >= 0.3 is 0 Å². The van der Waals surface area contributed by atoms with E-state index < -0.39 is 0 Å². The Hall–Kier alpha value is -1.51. The molecular weight excluding hydrogens is 270 g/mol. The Morgan fingerprint density at radius 2 is 1.80 bits per heavy atom. The lowest BCUT2D eigenvalue weighted by atomic mass is 10.00. The second-order valence-corrected chi connectivity index (χ2v) is 5.40. The number of likely N-dealkylation sites (N-methyl/N-ethyl adjacent to an activating group) is 1. The number of hydrogen-bond acceptors (Lipinski definition) is 2. The SMILES string of the molecule is CNC(COc1ccc(Cl)cc1)c1ccc(C)cc1C. The van der Waals surface area contributed by atoms with Crippen LogP contribution in [0, 0.1) is 13.8 Å². The Kier molecular flexibility index (Phi) is 5.05. The lowest BCUT2D eigenvalue weighted by molar-refractivity contribution is 0.272. The molecule has 0 spiro atoms. The summed E-state index contributed by atoms with van der Waals surface area (Å²) in [5.41, 5.74) is 3.83. The largest absolute Gasteiger partial charge is 0.492 e. The molecule has 0 aromatic heterocycles. The summed E-state index contributed by atoms with van der Waals surface area (Å²) >= 11 is 5.87. The van der Waals surface area contributed by atoms with Gasteiger partial charge in [0, 0.05) is 5.02 Å². The first kappa shape index (κ1) is 14.9. The summed E-state index contributed by atoms with van der Waals surface area (Å²) in [6, 6.07) is 14.1. The lowest BCUT2D eigenvalue weighted by Crippen LogP contribution is -2.24. The second-order valence-electron chi connectivity index (χ2n) is 4.97. The zero-order valence-electron chi connectivity index (χ0n) is 12.1. The number of hydrogen-bond donors (Lipinski definition) is 1. The topological polar surface area (TPSA) is 21.3 Å². The molecule has 1 N–H and O–H groups in total. The van der Waals surface area contributed by atoms with E-state index in [1.165, 1.54) is 16.7 Å². The van der Waals surface area contributed by atoms with E-state index in [1.54, 1.807) is 0 Å². The van der Waals surface area contributed by atoms with E-state index in [-0.39, 0.29) is 6.04 Å². The fourth-order valence-electron chi connectivity index (χ4n) is 2.26. The average Bonchev–Trinajstić information content (AvgIpc) is 2.43. The summed E-state index contributed by atoms with van der Waals surface area (Å²) < 4.78 is 5.83. The van der Waals surface area contributed by atoms with Gasteiger partial charge in [-0.15, -0.1) is 0 Å². The van der Waals surface area contributed by atoms with Crippen molar-refractivity contribution in [3.8, 4) is 5.75 Å². The van der Waals surface area contributed by atoms with Crippen molar-refractivity contribution >= 4 is 11.6 Å². The maximum absolute atomic E-state index is 5.87. The summed E-state index contributed by atoms with van der Waals surface area (Å²) in [6.07, 6.45) is 0. The molecule has 0 saturated carbocycles. The van der Waals surface area contributed by atoms with Crippen LogP contribution in [-0.4, -0.2) is 13.7 Å². The van der Waals surface area contributed by atoms with Crippen molar-refractivity contribution in [2.24, 2.45) is 0 Å². The molecule has 2 nitrogen and oxygen atoms in total. The number of ether oxygens (including phenoxy) is 1. The van der Waals surface area contributed by atoms with Crippen molar-refractivity contribution in [2.45, 2.75) is 19.9 Å². The molecule has 3 heteroatoms. The third-order valence-corrected chi connectivity index (χ3v) is 3.63. The minimum absolute atomic E-state index is 0.172. The lowest BCUT2D eigenvalue weighted by Gasteiger charge is -2.20. The van der Waals surface area contributed by atoms with E-state index in [0.717, 1.165) is 10.8 Å². The number of rotatable bonds is 5. The molecule has 0 aliphatic heterocycles. The summed E-state index contributed by atoms with van der Waals surface area (Å²) in [4.78, 5) is 0. The highest BCUT2D eigenvalue weighted by atomic mass is 35.5. The number of halogens is 1. The van der Waals surface area contributed by atoms with Crippen LogP contribution in [0.25, 0.3) is 0 Å². The average molecular weight is 290 g/mol. The highest BCUT2D eigenvalue weighted by Crippen LogP contribution is 2.21. The van der Waals surface area contributed by atoms with Gasteiger partial charge in [0.15, 0.2) is 0 Å². The maximum atomic E-state index is 5.87. The third kappa shape index (κ3) is 3.75. The van der Waals surface area contributed by atoms with Gasteiger partial charge in [0.25, 0.3) is 0 Å². The molecule has 1 unspecified atom stereocenters. The first-order valence-corrected chi connectivity index (χ1v) is 7.10. The standard InChI is InChI=1S/C17H20ClNO/c1-12-4-9-16(13(2)10-12)17(19-3)11-20-15-7-5-14(18)6-8-15/h4-10,17,19H,11H2,1-3H3. The Morgan fingerprint density at radius 1 is 1.10 bits per heavy atom. The minimum atomic E-state index is 0.172. The van der Waals surface area contributed by atoms with Crippen LogP contribution in [0.2, 0.25) is 5.02 Å². The van der Waals surface area contributed by atoms with E-state index in [9.17, 15) is 0 Å². The van der Waals surface area contributed by atoms with Gasteiger partial charge in [-0.1, -0.05) is 35.4 Å². The zero-order chi connectivity index (χ0) is 14.5. The molecule has 0 bridgehead atoms. The van der Waals surface area contributed by atoms with Crippen molar-refractivity contribution < 1.29 is 4.74 Å². The van der Waals surface area contributed by atoms with Gasteiger partial charge in [-0.05, 0) is 56.3 Å². The van der Waals surface area contributed by atoms with Crippen LogP contribution in [-0.2, 0) is 0 Å². The molecule has 0 heterocycles. The molecule has 0 fully saturated rings. The quantitative estimate of drug-likeness (QED) is 0.886. The highest BCUT2D eigenvalue weighted by Gasteiger charge is 2.12. The van der Waals surface area contributed by atoms with Gasteiger partial charge in [-0.3, -0.25) is 0 Å². The fourth-order valence-corrected chi connectivity index (χ4v) is 2.38. The van der Waals surface area contributed by atoms with Crippen LogP contribution in [0.3, 0.4) is 0 Å². The van der Waals surface area contributed by atoms with Crippen LogP contribution in [0.4, 0.5) is 0 Å². The molecule has 0 amide bonds. The summed E-state index contributed by atoms with van der Waals surface area (Å²) in [5.74, 6) is 0.833. The Labute approximate surface area is 125 Å². The predicted octanol–water partition coefficient (Wildman–Crippen LogP) is 4.30. The van der Waals surface area contributed by atoms with Gasteiger partial charge in [0.2, 0.25) is 0 Å². The molecule has 2 aromatic carbocycles. The number of nitrogens with one attached hydrogen (secondary N) is 1. The molecule has 1 atom stereocenters. The molecule has 20 heavy (non-hydrogen) atoms. The van der Waals surface area contributed by atoms with Crippen LogP contribution in [0.1, 0.15) is 22.7 Å². The van der Waals surface area contributed by atoms with Gasteiger partial charge in [0.05, 0.1) is 6.04 Å². The Balaban J connectivity index is 2.07. The highest BCUT2D eigenvalue weighted by molar-refractivity contribution is 6.30. The smallest absolute Gasteiger partial charge is 0.119 e. The van der Waals surface area contributed by atoms with Crippen LogP contribution in [0.15, 0.2) is 42.5 Å². The van der Waals surface area contributed by atoms with Gasteiger partial charge in [-0.25, -0.2) is 0 Å². The fraction of sp³-hybridized carbons (Fsp3) is 0.294. The molecule has 2 rings (SSSR count). The Bertz CT molecular complexity index is 566. The first-order valence-electron chi connectivity index (χ1n) is 6.73. The molecule has 2 aromatic rings. The molecule has 0 aliphatic carbocycles. The zero-order valence-corrected chi connectivity index (χ0v) is 12.9. The van der Waals surface area contributed by atoms with Crippen LogP contribution in [0.5, 0.6) is 5.75 Å². The maximum Gasteiger partial charge on any atom is 0.119 e. The van der Waals surface area contributed by atoms with Crippen LogP contribution >= 0.6 is 11.6 Å². The molecule has 0 radical (unpaired) electrons. The van der Waals surface area contributed by atoms with Gasteiger partial charge in [-0.2, -0.15) is 0 Å². The summed E-state index contributed by atoms with van der Waals surface area (Å²) in [7, 11) is 1.95. The van der Waals surface area contributed by atoms with E-state index >= 15 is 0 Å². The number of benzene rings is 2. The predicted molar refractivity (Wildman–Crippen MR) is 84.7 cm³/mol. The van der Waals surface area contributed by atoms with Gasteiger partial charge in [0.1, 0.15) is 12.4 Å². The van der Waals surface area contributed by atoms with Gasteiger partial charge < -0.3 is 10.1 Å². The molecule has 0 aliphatic rings. The van der Waals surface area contributed by atoms with E-state index in [0.29, 0.717) is 6.61 Å². The summed E-state index contributed by atoms with van der Waals surface area (Å²) in [5, 5.41) is 4.03. The van der Waals surface area contributed by atoms with Crippen molar-refractivity contribution in [3.05, 3.63) is 64.2 Å². The summed E-state index contributed by atoms with van der Waals surface area (Å²) in [6.45, 7) is 4.83. The molecular formula is C17H20ClNO. The monoisotopic (exact) mass is 289 g/mol. The van der Waals surface area contributed by atoms with Crippen LogP contribution < -0.4 is 10.1 Å². The van der Waals surface area contributed by atoms with Crippen molar-refractivity contribution in [3.63, 3.8) is 0 Å². The first-order chi connectivity index (χ1) is 9.60. The van der Waals surface area contributed by atoms with Crippen molar-refractivity contribution in [1.29, 1.82) is 0 Å². The molecule has 106 valence electrons. The third-order valence-electron chi connectivity index (χ3n) is 3.38.